The summed E-state index contributed by atoms with van der Waals surface area (Å²) in [6.45, 7) is 3.81. The first-order valence-corrected chi connectivity index (χ1v) is 6.69. The van der Waals surface area contributed by atoms with Crippen molar-refractivity contribution in [2.75, 3.05) is 39.9 Å². The Labute approximate surface area is 113 Å². The number of phenolic OH excluding ortho intramolecular Hbond substituents is 1. The first-order valence-electron chi connectivity index (χ1n) is 6.69. The number of methoxy groups -OCH3 is 1. The fourth-order valence-corrected chi connectivity index (χ4v) is 2.62. The summed E-state index contributed by atoms with van der Waals surface area (Å²) in [7, 11) is 1.55. The van der Waals surface area contributed by atoms with Gasteiger partial charge in [-0.1, -0.05) is 12.1 Å². The molecule has 3 N–H and O–H groups in total. The lowest BCUT2D eigenvalue weighted by molar-refractivity contribution is 0.138. The molecular formula is C14H22N2O3. The predicted octanol–water partition coefficient (Wildman–Crippen LogP) is 0.729. The Morgan fingerprint density at radius 3 is 2.74 bits per heavy atom. The van der Waals surface area contributed by atoms with E-state index in [4.69, 9.17) is 4.74 Å². The van der Waals surface area contributed by atoms with E-state index in [1.807, 2.05) is 12.1 Å². The van der Waals surface area contributed by atoms with Gasteiger partial charge in [0.05, 0.1) is 7.11 Å². The topological polar surface area (TPSA) is 65.0 Å². The molecule has 0 saturated carbocycles. The molecule has 0 spiro atoms. The SMILES string of the molecule is COc1cccc([C@@H](CCO)N2CCNCC2)c1O. The number of nitrogens with one attached hydrogen (secondary N) is 1. The second-order valence-electron chi connectivity index (χ2n) is 4.71. The zero-order valence-corrected chi connectivity index (χ0v) is 11.3. The van der Waals surface area contributed by atoms with Crippen LogP contribution in [0.1, 0.15) is 18.0 Å². The van der Waals surface area contributed by atoms with Crippen LogP contribution in [0.2, 0.25) is 0 Å². The van der Waals surface area contributed by atoms with E-state index in [0.29, 0.717) is 12.2 Å². The number of rotatable bonds is 5. The molecule has 2 rings (SSSR count). The fraction of sp³-hybridized carbons (Fsp3) is 0.571. The molecule has 1 fully saturated rings. The van der Waals surface area contributed by atoms with Gasteiger partial charge in [-0.25, -0.2) is 0 Å². The van der Waals surface area contributed by atoms with Crippen molar-refractivity contribution in [1.29, 1.82) is 0 Å². The van der Waals surface area contributed by atoms with Crippen LogP contribution in [0.4, 0.5) is 0 Å². The number of hydrogen-bond acceptors (Lipinski definition) is 5. The number of ether oxygens (including phenoxy) is 1. The van der Waals surface area contributed by atoms with Crippen LogP contribution in [0, 0.1) is 0 Å². The molecule has 0 aliphatic carbocycles. The number of aliphatic hydroxyl groups is 1. The second kappa shape index (κ2) is 6.75. The second-order valence-corrected chi connectivity index (χ2v) is 4.71. The van der Waals surface area contributed by atoms with Gasteiger partial charge in [-0.05, 0) is 12.5 Å². The van der Waals surface area contributed by atoms with E-state index in [9.17, 15) is 10.2 Å². The van der Waals surface area contributed by atoms with Crippen molar-refractivity contribution in [1.82, 2.24) is 10.2 Å². The van der Waals surface area contributed by atoms with E-state index in [1.54, 1.807) is 13.2 Å². The number of piperazine rings is 1. The normalized spacial score (nSPS) is 18.2. The van der Waals surface area contributed by atoms with Crippen LogP contribution >= 0.6 is 0 Å². The van der Waals surface area contributed by atoms with Crippen molar-refractivity contribution in [2.24, 2.45) is 0 Å². The zero-order chi connectivity index (χ0) is 13.7. The molecule has 0 aromatic heterocycles. The average Bonchev–Trinajstić information content (AvgIpc) is 2.46. The Balaban J connectivity index is 2.27. The molecule has 106 valence electrons. The highest BCUT2D eigenvalue weighted by molar-refractivity contribution is 5.46. The summed E-state index contributed by atoms with van der Waals surface area (Å²) in [6.07, 6.45) is 0.612. The molecule has 1 saturated heterocycles. The van der Waals surface area contributed by atoms with Crippen LogP contribution in [-0.4, -0.2) is 55.0 Å². The Morgan fingerprint density at radius 1 is 1.37 bits per heavy atom. The molecule has 5 heteroatoms. The van der Waals surface area contributed by atoms with Crippen molar-refractivity contribution < 1.29 is 14.9 Å². The third kappa shape index (κ3) is 3.18. The lowest BCUT2D eigenvalue weighted by Gasteiger charge is -2.35. The van der Waals surface area contributed by atoms with E-state index in [-0.39, 0.29) is 18.4 Å². The summed E-state index contributed by atoms with van der Waals surface area (Å²) in [6, 6.07) is 5.55. The molecule has 0 bridgehead atoms. The lowest BCUT2D eigenvalue weighted by atomic mass is 10.00. The maximum atomic E-state index is 10.3. The largest absolute Gasteiger partial charge is 0.504 e. The number of aromatic hydroxyl groups is 1. The molecule has 5 nitrogen and oxygen atoms in total. The Hall–Kier alpha value is -1.30. The number of para-hydroxylation sites is 1. The van der Waals surface area contributed by atoms with Crippen LogP contribution in [0.25, 0.3) is 0 Å². The van der Waals surface area contributed by atoms with Crippen LogP contribution in [0.5, 0.6) is 11.5 Å². The summed E-state index contributed by atoms with van der Waals surface area (Å²) in [5, 5.41) is 22.9. The molecule has 0 unspecified atom stereocenters. The molecule has 1 aromatic rings. The number of phenols is 1. The minimum absolute atomic E-state index is 0.0298. The summed E-state index contributed by atoms with van der Waals surface area (Å²) in [5.41, 5.74) is 0.829. The Bertz CT molecular complexity index is 406. The molecule has 1 aliphatic heterocycles. The predicted molar refractivity (Wildman–Crippen MR) is 73.5 cm³/mol. The molecule has 19 heavy (non-hydrogen) atoms. The highest BCUT2D eigenvalue weighted by Crippen LogP contribution is 2.37. The number of hydrogen-bond donors (Lipinski definition) is 3. The third-order valence-electron chi connectivity index (χ3n) is 3.60. The highest BCUT2D eigenvalue weighted by Gasteiger charge is 2.25. The van der Waals surface area contributed by atoms with Gasteiger partial charge < -0.3 is 20.3 Å². The lowest BCUT2D eigenvalue weighted by Crippen LogP contribution is -2.45. The van der Waals surface area contributed by atoms with E-state index >= 15 is 0 Å². The smallest absolute Gasteiger partial charge is 0.162 e. The summed E-state index contributed by atoms with van der Waals surface area (Å²) < 4.78 is 5.16. The number of nitrogens with zero attached hydrogens (tertiary/aromatic N) is 1. The van der Waals surface area contributed by atoms with Gasteiger partial charge in [-0.15, -0.1) is 0 Å². The maximum absolute atomic E-state index is 10.3. The summed E-state index contributed by atoms with van der Waals surface area (Å²) >= 11 is 0. The average molecular weight is 266 g/mol. The zero-order valence-electron chi connectivity index (χ0n) is 11.3. The molecule has 1 atom stereocenters. The number of benzene rings is 1. The van der Waals surface area contributed by atoms with Crippen molar-refractivity contribution in [3.63, 3.8) is 0 Å². The van der Waals surface area contributed by atoms with Gasteiger partial charge in [0.15, 0.2) is 11.5 Å². The first-order chi connectivity index (χ1) is 9.27. The van der Waals surface area contributed by atoms with Crippen molar-refractivity contribution >= 4 is 0 Å². The van der Waals surface area contributed by atoms with Crippen molar-refractivity contribution in [2.45, 2.75) is 12.5 Å². The summed E-state index contributed by atoms with van der Waals surface area (Å²) in [4.78, 5) is 2.29. The van der Waals surface area contributed by atoms with E-state index < -0.39 is 0 Å². The molecule has 1 aromatic carbocycles. The van der Waals surface area contributed by atoms with Gasteiger partial charge in [0.2, 0.25) is 0 Å². The quantitative estimate of drug-likeness (QED) is 0.733. The van der Waals surface area contributed by atoms with Gasteiger partial charge in [0.25, 0.3) is 0 Å². The standard InChI is InChI=1S/C14H22N2O3/c1-19-13-4-2-3-11(14(13)18)12(5-10-17)16-8-6-15-7-9-16/h2-4,12,15,17-18H,5-10H2,1H3/t12-/m1/s1. The van der Waals surface area contributed by atoms with Gasteiger partial charge in [0, 0.05) is 44.4 Å². The van der Waals surface area contributed by atoms with E-state index in [1.165, 1.54) is 0 Å². The van der Waals surface area contributed by atoms with Gasteiger partial charge in [-0.3, -0.25) is 4.90 Å². The van der Waals surface area contributed by atoms with E-state index in [0.717, 1.165) is 31.7 Å². The van der Waals surface area contributed by atoms with Crippen LogP contribution in [0.3, 0.4) is 0 Å². The monoisotopic (exact) mass is 266 g/mol. The molecule has 1 aliphatic rings. The molecule has 0 amide bonds. The van der Waals surface area contributed by atoms with Crippen LogP contribution < -0.4 is 10.1 Å². The number of aliphatic hydroxyl groups excluding tert-OH is 1. The van der Waals surface area contributed by atoms with Crippen molar-refractivity contribution in [3.05, 3.63) is 23.8 Å². The molecular weight excluding hydrogens is 244 g/mol. The highest BCUT2D eigenvalue weighted by atomic mass is 16.5. The molecule has 0 radical (unpaired) electrons. The Morgan fingerprint density at radius 2 is 2.11 bits per heavy atom. The van der Waals surface area contributed by atoms with Crippen LogP contribution in [0.15, 0.2) is 18.2 Å². The van der Waals surface area contributed by atoms with Crippen LogP contribution in [-0.2, 0) is 0 Å². The van der Waals surface area contributed by atoms with Gasteiger partial charge in [-0.2, -0.15) is 0 Å². The fourth-order valence-electron chi connectivity index (χ4n) is 2.62. The Kier molecular flexibility index (Phi) is 5.01. The van der Waals surface area contributed by atoms with E-state index in [2.05, 4.69) is 10.2 Å². The first kappa shape index (κ1) is 14.1. The van der Waals surface area contributed by atoms with Gasteiger partial charge >= 0.3 is 0 Å². The summed E-state index contributed by atoms with van der Waals surface area (Å²) in [5.74, 6) is 0.664. The van der Waals surface area contributed by atoms with Gasteiger partial charge in [0.1, 0.15) is 0 Å². The maximum Gasteiger partial charge on any atom is 0.162 e. The van der Waals surface area contributed by atoms with Crippen molar-refractivity contribution in [3.8, 4) is 11.5 Å². The minimum Gasteiger partial charge on any atom is -0.504 e. The third-order valence-corrected chi connectivity index (χ3v) is 3.60. The molecule has 1 heterocycles. The minimum atomic E-state index is 0.0298.